The van der Waals surface area contributed by atoms with Gasteiger partial charge in [-0.25, -0.2) is 27.4 Å². The molecule has 1 heterocycles. The number of anilines is 2. The predicted molar refractivity (Wildman–Crippen MR) is 96.0 cm³/mol. The average molecular weight is 401 g/mol. The van der Waals surface area contributed by atoms with Gasteiger partial charge in [0.25, 0.3) is 10.0 Å². The summed E-state index contributed by atoms with van der Waals surface area (Å²) in [5.41, 5.74) is 2.76. The lowest BCUT2D eigenvalue weighted by Gasteiger charge is -2.22. The second-order valence-electron chi connectivity index (χ2n) is 4.92. The molecule has 0 bridgehead atoms. The normalized spacial score (nSPS) is 11.0. The Morgan fingerprint density at radius 1 is 1.23 bits per heavy atom. The highest BCUT2D eigenvalue weighted by Gasteiger charge is 2.26. The lowest BCUT2D eigenvalue weighted by Crippen LogP contribution is -2.44. The van der Waals surface area contributed by atoms with E-state index < -0.39 is 33.5 Å². The third-order valence-electron chi connectivity index (χ3n) is 3.17. The zero-order valence-electron chi connectivity index (χ0n) is 13.9. The van der Waals surface area contributed by atoms with E-state index in [1.54, 1.807) is 5.38 Å². The van der Waals surface area contributed by atoms with Crippen LogP contribution in [0.2, 0.25) is 0 Å². The van der Waals surface area contributed by atoms with E-state index in [1.807, 2.05) is 0 Å². The third-order valence-corrected chi connectivity index (χ3v) is 5.64. The molecule has 0 saturated carbocycles. The number of sulfonamides is 1. The largest absolute Gasteiger partial charge is 0.465 e. The molecule has 1 aromatic heterocycles. The van der Waals surface area contributed by atoms with Crippen molar-refractivity contribution in [3.63, 3.8) is 0 Å². The van der Waals surface area contributed by atoms with Crippen LogP contribution in [-0.2, 0) is 19.6 Å². The van der Waals surface area contributed by atoms with E-state index >= 15 is 0 Å². The van der Waals surface area contributed by atoms with Gasteiger partial charge in [0, 0.05) is 7.05 Å². The molecule has 2 rings (SSSR count). The molecule has 1 amide bonds. The molecule has 0 aliphatic heterocycles. The Hall–Kier alpha value is -2.50. The summed E-state index contributed by atoms with van der Waals surface area (Å²) < 4.78 is 43.3. The molecule has 0 fully saturated rings. The van der Waals surface area contributed by atoms with Gasteiger partial charge in [-0.3, -0.25) is 4.79 Å². The SMILES string of the molecule is CNN(c1ccc(F)cc1)S(=O)(=O)CC(=O)Nc1ccsc1C(=O)OC. The van der Waals surface area contributed by atoms with Crippen LogP contribution in [-0.4, -0.2) is 40.2 Å². The second kappa shape index (κ2) is 8.25. The fraction of sp³-hybridized carbons (Fsp3) is 0.200. The summed E-state index contributed by atoms with van der Waals surface area (Å²) in [5.74, 6) is -2.88. The van der Waals surface area contributed by atoms with Crippen LogP contribution >= 0.6 is 11.3 Å². The molecule has 0 radical (unpaired) electrons. The van der Waals surface area contributed by atoms with Crippen molar-refractivity contribution in [2.75, 3.05) is 29.6 Å². The average Bonchev–Trinajstić information content (AvgIpc) is 3.03. The minimum absolute atomic E-state index is 0.146. The molecule has 2 aromatic rings. The number of hydrazine groups is 1. The van der Waals surface area contributed by atoms with Crippen molar-refractivity contribution in [1.29, 1.82) is 0 Å². The van der Waals surface area contributed by atoms with Crippen molar-refractivity contribution >= 4 is 44.6 Å². The van der Waals surface area contributed by atoms with Gasteiger partial charge in [-0.05, 0) is 35.7 Å². The fourth-order valence-electron chi connectivity index (χ4n) is 2.08. The number of nitrogens with one attached hydrogen (secondary N) is 2. The van der Waals surface area contributed by atoms with Gasteiger partial charge in [0.15, 0.2) is 0 Å². The van der Waals surface area contributed by atoms with E-state index in [0.717, 1.165) is 27.9 Å². The zero-order chi connectivity index (χ0) is 19.3. The maximum atomic E-state index is 13.0. The van der Waals surface area contributed by atoms with Crippen LogP contribution in [0.4, 0.5) is 15.8 Å². The van der Waals surface area contributed by atoms with Gasteiger partial charge in [-0.1, -0.05) is 0 Å². The molecule has 11 heteroatoms. The molecule has 0 aliphatic carbocycles. The van der Waals surface area contributed by atoms with Crippen LogP contribution in [0.5, 0.6) is 0 Å². The summed E-state index contributed by atoms with van der Waals surface area (Å²) in [5, 5.41) is 3.94. The number of carbonyl (C=O) groups is 2. The third kappa shape index (κ3) is 4.56. The lowest BCUT2D eigenvalue weighted by atomic mass is 10.3. The van der Waals surface area contributed by atoms with Crippen molar-refractivity contribution in [1.82, 2.24) is 5.43 Å². The number of methoxy groups -OCH3 is 1. The molecule has 140 valence electrons. The minimum atomic E-state index is -4.10. The Morgan fingerprint density at radius 3 is 2.46 bits per heavy atom. The van der Waals surface area contributed by atoms with E-state index in [9.17, 15) is 22.4 Å². The monoisotopic (exact) mass is 401 g/mol. The molecule has 0 unspecified atom stereocenters. The molecule has 26 heavy (non-hydrogen) atoms. The Balaban J connectivity index is 2.15. The maximum absolute atomic E-state index is 13.0. The van der Waals surface area contributed by atoms with Gasteiger partial charge < -0.3 is 10.1 Å². The van der Waals surface area contributed by atoms with Crippen LogP contribution in [0.3, 0.4) is 0 Å². The maximum Gasteiger partial charge on any atom is 0.350 e. The highest BCUT2D eigenvalue weighted by Crippen LogP contribution is 2.23. The van der Waals surface area contributed by atoms with Gasteiger partial charge in [0.05, 0.1) is 18.5 Å². The highest BCUT2D eigenvalue weighted by atomic mass is 32.2. The van der Waals surface area contributed by atoms with Crippen molar-refractivity contribution in [2.24, 2.45) is 0 Å². The van der Waals surface area contributed by atoms with Crippen LogP contribution in [0.25, 0.3) is 0 Å². The smallest absolute Gasteiger partial charge is 0.350 e. The first-order chi connectivity index (χ1) is 12.3. The number of benzene rings is 1. The van der Waals surface area contributed by atoms with Gasteiger partial charge in [0.1, 0.15) is 16.4 Å². The predicted octanol–water partition coefficient (Wildman–Crippen LogP) is 1.58. The molecule has 8 nitrogen and oxygen atoms in total. The summed E-state index contributed by atoms with van der Waals surface area (Å²) in [6, 6.07) is 6.19. The number of hydrogen-bond acceptors (Lipinski definition) is 7. The van der Waals surface area contributed by atoms with Crippen molar-refractivity contribution < 1.29 is 27.1 Å². The number of nitrogens with zero attached hydrogens (tertiary/aromatic N) is 1. The van der Waals surface area contributed by atoms with Crippen molar-refractivity contribution in [3.8, 4) is 0 Å². The standard InChI is InChI=1S/C15H16FN3O5S2/c1-17-19(11-5-3-10(16)4-6-11)26(22,23)9-13(20)18-12-7-8-25-14(12)15(21)24-2/h3-8,17H,9H2,1-2H3,(H,18,20). The number of hydrogen-bond donors (Lipinski definition) is 2. The van der Waals surface area contributed by atoms with Gasteiger partial charge in [-0.15, -0.1) is 11.3 Å². The highest BCUT2D eigenvalue weighted by molar-refractivity contribution is 7.93. The minimum Gasteiger partial charge on any atom is -0.465 e. The van der Waals surface area contributed by atoms with Gasteiger partial charge in [0.2, 0.25) is 5.91 Å². The molecule has 0 spiro atoms. The second-order valence-corrected chi connectivity index (χ2v) is 7.66. The Kier molecular flexibility index (Phi) is 6.29. The van der Waals surface area contributed by atoms with E-state index in [-0.39, 0.29) is 16.3 Å². The number of halogens is 1. The molecular formula is C15H16FN3O5S2. The number of thiophene rings is 1. The Morgan fingerprint density at radius 2 is 1.88 bits per heavy atom. The van der Waals surface area contributed by atoms with E-state index in [2.05, 4.69) is 15.5 Å². The van der Waals surface area contributed by atoms with Crippen LogP contribution in [0.1, 0.15) is 9.67 Å². The summed E-state index contributed by atoms with van der Waals surface area (Å²) in [7, 11) is -1.55. The van der Waals surface area contributed by atoms with Gasteiger partial charge in [-0.2, -0.15) is 0 Å². The van der Waals surface area contributed by atoms with E-state index in [1.165, 1.54) is 32.4 Å². The van der Waals surface area contributed by atoms with Crippen molar-refractivity contribution in [2.45, 2.75) is 0 Å². The molecule has 0 atom stereocenters. The fourth-order valence-corrected chi connectivity index (χ4v) is 4.10. The van der Waals surface area contributed by atoms with E-state index in [4.69, 9.17) is 0 Å². The van der Waals surface area contributed by atoms with Gasteiger partial charge >= 0.3 is 5.97 Å². The number of esters is 1. The van der Waals surface area contributed by atoms with Crippen LogP contribution in [0.15, 0.2) is 35.7 Å². The number of ether oxygens (including phenoxy) is 1. The molecule has 0 aliphatic rings. The molecular weight excluding hydrogens is 385 g/mol. The summed E-state index contributed by atoms with van der Waals surface area (Å²) in [4.78, 5) is 23.9. The number of carbonyl (C=O) groups excluding carboxylic acids is 2. The first kappa shape index (κ1) is 19.8. The molecule has 0 saturated heterocycles. The number of amides is 1. The Labute approximate surface area is 153 Å². The lowest BCUT2D eigenvalue weighted by molar-refractivity contribution is -0.113. The number of rotatable bonds is 7. The topological polar surface area (TPSA) is 105 Å². The summed E-state index contributed by atoms with van der Waals surface area (Å²) in [6.07, 6.45) is 0. The Bertz CT molecular complexity index is 896. The van der Waals surface area contributed by atoms with E-state index in [0.29, 0.717) is 0 Å². The molecule has 2 N–H and O–H groups in total. The van der Waals surface area contributed by atoms with Crippen LogP contribution < -0.4 is 15.2 Å². The van der Waals surface area contributed by atoms with Crippen molar-refractivity contribution in [3.05, 3.63) is 46.4 Å². The summed E-state index contributed by atoms with van der Waals surface area (Å²) >= 11 is 1.05. The van der Waals surface area contributed by atoms with Crippen LogP contribution in [0, 0.1) is 5.82 Å². The first-order valence-corrected chi connectivity index (χ1v) is 9.69. The first-order valence-electron chi connectivity index (χ1n) is 7.20. The quantitative estimate of drug-likeness (QED) is 0.539. The zero-order valence-corrected chi connectivity index (χ0v) is 15.5. The summed E-state index contributed by atoms with van der Waals surface area (Å²) in [6.45, 7) is 0. The molecule has 1 aromatic carbocycles.